The van der Waals surface area contributed by atoms with Crippen LogP contribution in [0.5, 0.6) is 5.75 Å². The molecule has 0 spiro atoms. The Morgan fingerprint density at radius 1 is 1.45 bits per heavy atom. The molecular weight excluding hydrogens is 282 g/mol. The molecule has 1 aliphatic rings. The Hall–Kier alpha value is -2.57. The summed E-state index contributed by atoms with van der Waals surface area (Å²) in [6.07, 6.45) is 4.40. The van der Waals surface area contributed by atoms with Gasteiger partial charge in [0, 0.05) is 17.4 Å². The predicted octanol–water partition coefficient (Wildman–Crippen LogP) is 1.80. The number of aromatic nitrogens is 3. The van der Waals surface area contributed by atoms with E-state index in [1.54, 1.807) is 13.2 Å². The zero-order chi connectivity index (χ0) is 15.5. The van der Waals surface area contributed by atoms with E-state index in [4.69, 9.17) is 4.74 Å². The number of urea groups is 1. The molecule has 0 bridgehead atoms. The molecule has 0 aliphatic heterocycles. The zero-order valence-electron chi connectivity index (χ0n) is 12.6. The number of H-pyrrole nitrogens is 1. The lowest BCUT2D eigenvalue weighted by molar-refractivity contribution is 0.247. The Kier molecular flexibility index (Phi) is 3.95. The van der Waals surface area contributed by atoms with Gasteiger partial charge in [-0.15, -0.1) is 0 Å². The summed E-state index contributed by atoms with van der Waals surface area (Å²) in [5, 5.41) is 12.8. The Morgan fingerprint density at radius 2 is 2.32 bits per heavy atom. The van der Waals surface area contributed by atoms with Gasteiger partial charge in [-0.2, -0.15) is 5.10 Å². The molecule has 2 amide bonds. The van der Waals surface area contributed by atoms with Crippen molar-refractivity contribution in [2.45, 2.75) is 32.2 Å². The van der Waals surface area contributed by atoms with Gasteiger partial charge < -0.3 is 10.1 Å². The van der Waals surface area contributed by atoms with Gasteiger partial charge in [-0.05, 0) is 43.9 Å². The van der Waals surface area contributed by atoms with E-state index in [1.807, 2.05) is 19.2 Å². The van der Waals surface area contributed by atoms with Crippen LogP contribution >= 0.6 is 0 Å². The van der Waals surface area contributed by atoms with Gasteiger partial charge >= 0.3 is 6.03 Å². The Bertz CT molecular complexity index is 682. The number of hydrogen-bond acceptors (Lipinski definition) is 4. The van der Waals surface area contributed by atoms with E-state index in [1.165, 1.54) is 11.3 Å². The number of hydrogen-bond donors (Lipinski definition) is 3. The number of carbonyl (C=O) groups excluding carboxylic acids is 1. The molecule has 0 unspecified atom stereocenters. The number of ether oxygens (including phenoxy) is 1. The fourth-order valence-electron chi connectivity index (χ4n) is 2.67. The van der Waals surface area contributed by atoms with E-state index in [9.17, 15) is 4.79 Å². The van der Waals surface area contributed by atoms with Crippen molar-refractivity contribution in [1.82, 2.24) is 20.5 Å². The van der Waals surface area contributed by atoms with Gasteiger partial charge in [-0.25, -0.2) is 9.78 Å². The first-order valence-corrected chi connectivity index (χ1v) is 7.26. The maximum absolute atomic E-state index is 12.2. The monoisotopic (exact) mass is 301 g/mol. The molecule has 0 radical (unpaired) electrons. The Balaban J connectivity index is 1.63. The summed E-state index contributed by atoms with van der Waals surface area (Å²) in [7, 11) is 1.55. The van der Waals surface area contributed by atoms with Crippen LogP contribution in [-0.4, -0.2) is 34.4 Å². The fourth-order valence-corrected chi connectivity index (χ4v) is 2.67. The number of amides is 2. The molecule has 0 saturated heterocycles. The number of aromatic amines is 1. The molecule has 1 atom stereocenters. The number of rotatable bonds is 3. The van der Waals surface area contributed by atoms with Gasteiger partial charge in [0.15, 0.2) is 11.6 Å². The van der Waals surface area contributed by atoms with E-state index in [-0.39, 0.29) is 12.1 Å². The van der Waals surface area contributed by atoms with Crippen LogP contribution in [0, 0.1) is 6.92 Å². The first kappa shape index (κ1) is 14.4. The van der Waals surface area contributed by atoms with Gasteiger partial charge in [-0.3, -0.25) is 10.4 Å². The molecule has 22 heavy (non-hydrogen) atoms. The summed E-state index contributed by atoms with van der Waals surface area (Å²) in [6, 6.07) is 3.45. The highest BCUT2D eigenvalue weighted by molar-refractivity contribution is 5.89. The molecule has 7 heteroatoms. The number of carbonyl (C=O) groups is 1. The van der Waals surface area contributed by atoms with E-state index in [2.05, 4.69) is 25.8 Å². The van der Waals surface area contributed by atoms with Crippen LogP contribution < -0.4 is 15.4 Å². The lowest BCUT2D eigenvalue weighted by Gasteiger charge is -2.23. The third-order valence-corrected chi connectivity index (χ3v) is 3.80. The second kappa shape index (κ2) is 6.05. The van der Waals surface area contributed by atoms with Crippen LogP contribution in [0.3, 0.4) is 0 Å². The first-order chi connectivity index (χ1) is 10.7. The van der Waals surface area contributed by atoms with E-state index in [0.29, 0.717) is 11.6 Å². The molecule has 2 heterocycles. The van der Waals surface area contributed by atoms with Crippen molar-refractivity contribution in [2.75, 3.05) is 12.4 Å². The SMILES string of the molecule is COc1ccc(C)nc1NC(=O)N[C@@H]1CCc2[nH]ncc2C1. The van der Waals surface area contributed by atoms with Crippen molar-refractivity contribution in [3.05, 3.63) is 35.3 Å². The number of nitrogens with zero attached hydrogens (tertiary/aromatic N) is 2. The molecule has 3 N–H and O–H groups in total. The summed E-state index contributed by atoms with van der Waals surface area (Å²) in [6.45, 7) is 1.87. The van der Waals surface area contributed by atoms with Crippen LogP contribution in [0.25, 0.3) is 0 Å². The largest absolute Gasteiger partial charge is 0.493 e. The van der Waals surface area contributed by atoms with Gasteiger partial charge in [-0.1, -0.05) is 0 Å². The molecular formula is C15H19N5O2. The number of aryl methyl sites for hydroxylation is 2. The number of anilines is 1. The molecule has 2 aromatic heterocycles. The van der Waals surface area contributed by atoms with Crippen molar-refractivity contribution in [3.63, 3.8) is 0 Å². The normalized spacial score (nSPS) is 16.7. The topological polar surface area (TPSA) is 91.9 Å². The summed E-state index contributed by atoms with van der Waals surface area (Å²) < 4.78 is 5.21. The van der Waals surface area contributed by atoms with Crippen LogP contribution in [0.2, 0.25) is 0 Å². The maximum Gasteiger partial charge on any atom is 0.320 e. The van der Waals surface area contributed by atoms with Crippen LogP contribution in [0.4, 0.5) is 10.6 Å². The Morgan fingerprint density at radius 3 is 3.14 bits per heavy atom. The second-order valence-corrected chi connectivity index (χ2v) is 5.42. The highest BCUT2D eigenvalue weighted by Crippen LogP contribution is 2.22. The molecule has 0 aromatic carbocycles. The summed E-state index contributed by atoms with van der Waals surface area (Å²) in [5.41, 5.74) is 3.15. The van der Waals surface area contributed by atoms with Crippen molar-refractivity contribution < 1.29 is 9.53 Å². The number of fused-ring (bicyclic) bond motifs is 1. The summed E-state index contributed by atoms with van der Waals surface area (Å²) in [4.78, 5) is 16.5. The molecule has 2 aromatic rings. The molecule has 7 nitrogen and oxygen atoms in total. The quantitative estimate of drug-likeness (QED) is 0.806. The molecule has 0 fully saturated rings. The Labute approximate surface area is 128 Å². The van der Waals surface area contributed by atoms with E-state index >= 15 is 0 Å². The van der Waals surface area contributed by atoms with Crippen LogP contribution in [0.15, 0.2) is 18.3 Å². The van der Waals surface area contributed by atoms with Gasteiger partial charge in [0.2, 0.25) is 0 Å². The van der Waals surface area contributed by atoms with Crippen molar-refractivity contribution in [2.24, 2.45) is 0 Å². The fraction of sp³-hybridized carbons (Fsp3) is 0.400. The average Bonchev–Trinajstić information content (AvgIpc) is 2.95. The lowest BCUT2D eigenvalue weighted by atomic mass is 9.94. The molecule has 0 saturated carbocycles. The predicted molar refractivity (Wildman–Crippen MR) is 82.1 cm³/mol. The molecule has 3 rings (SSSR count). The minimum Gasteiger partial charge on any atom is -0.493 e. The smallest absolute Gasteiger partial charge is 0.320 e. The maximum atomic E-state index is 12.2. The van der Waals surface area contributed by atoms with Crippen LogP contribution in [0.1, 0.15) is 23.4 Å². The van der Waals surface area contributed by atoms with Crippen LogP contribution in [-0.2, 0) is 12.8 Å². The highest BCUT2D eigenvalue weighted by Gasteiger charge is 2.22. The van der Waals surface area contributed by atoms with E-state index in [0.717, 1.165) is 25.0 Å². The summed E-state index contributed by atoms with van der Waals surface area (Å²) in [5.74, 6) is 0.973. The van der Waals surface area contributed by atoms with E-state index < -0.39 is 0 Å². The zero-order valence-corrected chi connectivity index (χ0v) is 12.6. The average molecular weight is 301 g/mol. The summed E-state index contributed by atoms with van der Waals surface area (Å²) >= 11 is 0. The highest BCUT2D eigenvalue weighted by atomic mass is 16.5. The number of pyridine rings is 1. The standard InChI is InChI=1S/C15H19N5O2/c1-9-3-6-13(22-2)14(17-9)19-15(21)18-11-4-5-12-10(7-11)8-16-20-12/h3,6,8,11H,4-5,7H2,1-2H3,(H,16,20)(H2,17,18,19,21)/t11-/m1/s1. The van der Waals surface area contributed by atoms with Crippen molar-refractivity contribution in [3.8, 4) is 5.75 Å². The third kappa shape index (κ3) is 3.03. The minimum atomic E-state index is -0.270. The lowest BCUT2D eigenvalue weighted by Crippen LogP contribution is -2.41. The number of methoxy groups -OCH3 is 1. The van der Waals surface area contributed by atoms with Gasteiger partial charge in [0.25, 0.3) is 0 Å². The number of nitrogens with one attached hydrogen (secondary N) is 3. The van der Waals surface area contributed by atoms with Gasteiger partial charge in [0.05, 0.1) is 13.3 Å². The van der Waals surface area contributed by atoms with Gasteiger partial charge in [0.1, 0.15) is 0 Å². The minimum absolute atomic E-state index is 0.0981. The molecule has 1 aliphatic carbocycles. The van der Waals surface area contributed by atoms with Crippen molar-refractivity contribution in [1.29, 1.82) is 0 Å². The third-order valence-electron chi connectivity index (χ3n) is 3.80. The second-order valence-electron chi connectivity index (χ2n) is 5.42. The van der Waals surface area contributed by atoms with Crippen molar-refractivity contribution >= 4 is 11.8 Å². The molecule has 116 valence electrons. The first-order valence-electron chi connectivity index (χ1n) is 7.26.